The van der Waals surface area contributed by atoms with Gasteiger partial charge in [-0.05, 0) is 56.9 Å². The standard InChI is InChI=1S/C16H24N2O2.2C2HF3O2/c1-18-8-4-16(5-9-18)6-10-19-12-14(16)13-20-15-3-2-7-17-11-15;2*3-2(4,5)1(6)7/h2-3,7,11,14H,4-6,8-10,12-13H2,1H3;2*(H,6,7). The topological polar surface area (TPSA) is 109 Å². The van der Waals surface area contributed by atoms with Crippen molar-refractivity contribution in [1.29, 1.82) is 0 Å². The van der Waals surface area contributed by atoms with Crippen molar-refractivity contribution in [3.8, 4) is 5.75 Å². The summed E-state index contributed by atoms with van der Waals surface area (Å²) in [5, 5.41) is 14.2. The van der Waals surface area contributed by atoms with E-state index in [1.165, 1.54) is 32.4 Å². The number of carboxylic acid groups (broad SMARTS) is 2. The van der Waals surface area contributed by atoms with Crippen molar-refractivity contribution in [2.45, 2.75) is 31.6 Å². The van der Waals surface area contributed by atoms with E-state index >= 15 is 0 Å². The maximum Gasteiger partial charge on any atom is 0.490 e. The highest BCUT2D eigenvalue weighted by Crippen LogP contribution is 2.44. The number of carboxylic acids is 2. The maximum atomic E-state index is 10.6. The molecule has 1 aromatic heterocycles. The Morgan fingerprint density at radius 2 is 1.65 bits per heavy atom. The summed E-state index contributed by atoms with van der Waals surface area (Å²) in [5.41, 5.74) is 0.424. The van der Waals surface area contributed by atoms with E-state index in [2.05, 4.69) is 16.9 Å². The molecule has 0 aromatic carbocycles. The highest BCUT2D eigenvalue weighted by atomic mass is 19.4. The van der Waals surface area contributed by atoms with E-state index in [0.717, 1.165) is 25.6 Å². The Bertz CT molecular complexity index is 743. The number of carbonyl (C=O) groups is 2. The monoisotopic (exact) mass is 504 g/mol. The number of hydrogen-bond acceptors (Lipinski definition) is 6. The molecule has 0 bridgehead atoms. The van der Waals surface area contributed by atoms with Gasteiger partial charge in [0.05, 0.1) is 19.4 Å². The lowest BCUT2D eigenvalue weighted by atomic mass is 9.66. The number of pyridine rings is 1. The van der Waals surface area contributed by atoms with Gasteiger partial charge in [-0.1, -0.05) is 0 Å². The molecular weight excluding hydrogens is 478 g/mol. The summed E-state index contributed by atoms with van der Waals surface area (Å²) in [6, 6.07) is 3.88. The number of likely N-dealkylation sites (tertiary alicyclic amines) is 1. The third-order valence-corrected chi connectivity index (χ3v) is 5.48. The molecule has 34 heavy (non-hydrogen) atoms. The Balaban J connectivity index is 0.000000343. The zero-order valence-corrected chi connectivity index (χ0v) is 18.2. The Kier molecular flexibility index (Phi) is 11.0. The zero-order chi connectivity index (χ0) is 26.0. The Labute approximate surface area is 191 Å². The van der Waals surface area contributed by atoms with Crippen LogP contribution in [0.1, 0.15) is 19.3 Å². The molecule has 2 aliphatic heterocycles. The average molecular weight is 504 g/mol. The summed E-state index contributed by atoms with van der Waals surface area (Å²) >= 11 is 0. The van der Waals surface area contributed by atoms with Gasteiger partial charge in [0.1, 0.15) is 5.75 Å². The Hall–Kier alpha value is -2.61. The van der Waals surface area contributed by atoms with Gasteiger partial charge in [-0.15, -0.1) is 0 Å². The molecule has 8 nitrogen and oxygen atoms in total. The van der Waals surface area contributed by atoms with E-state index in [-0.39, 0.29) is 0 Å². The molecule has 2 saturated heterocycles. The smallest absolute Gasteiger partial charge is 0.490 e. The van der Waals surface area contributed by atoms with Crippen LogP contribution in [0.2, 0.25) is 0 Å². The second-order valence-corrected chi connectivity index (χ2v) is 7.79. The van der Waals surface area contributed by atoms with Gasteiger partial charge in [-0.2, -0.15) is 26.3 Å². The first kappa shape index (κ1) is 29.4. The molecule has 14 heteroatoms. The second kappa shape index (κ2) is 12.7. The number of ether oxygens (including phenoxy) is 2. The van der Waals surface area contributed by atoms with Crippen molar-refractivity contribution in [1.82, 2.24) is 9.88 Å². The van der Waals surface area contributed by atoms with Crippen molar-refractivity contribution < 1.29 is 55.6 Å². The predicted octanol–water partition coefficient (Wildman–Crippen LogP) is 3.48. The average Bonchev–Trinajstić information content (AvgIpc) is 2.75. The van der Waals surface area contributed by atoms with Crippen molar-refractivity contribution in [3.05, 3.63) is 24.5 Å². The summed E-state index contributed by atoms with van der Waals surface area (Å²) in [4.78, 5) is 24.3. The van der Waals surface area contributed by atoms with E-state index in [0.29, 0.717) is 11.3 Å². The third kappa shape index (κ3) is 10.1. The summed E-state index contributed by atoms with van der Waals surface area (Å²) in [6.07, 6.45) is -2.89. The fourth-order valence-electron chi connectivity index (χ4n) is 3.46. The van der Waals surface area contributed by atoms with Crippen molar-refractivity contribution in [2.75, 3.05) is 40.0 Å². The van der Waals surface area contributed by atoms with Gasteiger partial charge in [0.25, 0.3) is 0 Å². The van der Waals surface area contributed by atoms with Crippen LogP contribution in [-0.4, -0.2) is 84.3 Å². The van der Waals surface area contributed by atoms with Gasteiger partial charge in [0, 0.05) is 18.7 Å². The van der Waals surface area contributed by atoms with E-state index in [1.54, 1.807) is 12.4 Å². The number of aliphatic carboxylic acids is 2. The molecule has 0 amide bonds. The normalized spacial score (nSPS) is 20.3. The number of piperidine rings is 1. The van der Waals surface area contributed by atoms with Crippen LogP contribution in [0.25, 0.3) is 0 Å². The molecule has 2 N–H and O–H groups in total. The van der Waals surface area contributed by atoms with Crippen LogP contribution in [0, 0.1) is 11.3 Å². The first-order valence-corrected chi connectivity index (χ1v) is 10.1. The van der Waals surface area contributed by atoms with Gasteiger partial charge in [0.2, 0.25) is 0 Å². The molecule has 2 aliphatic rings. The van der Waals surface area contributed by atoms with Gasteiger partial charge < -0.3 is 24.6 Å². The highest BCUT2D eigenvalue weighted by molar-refractivity contribution is 5.73. The molecule has 0 saturated carbocycles. The quantitative estimate of drug-likeness (QED) is 0.603. The van der Waals surface area contributed by atoms with E-state index < -0.39 is 24.3 Å². The lowest BCUT2D eigenvalue weighted by Gasteiger charge is -2.48. The third-order valence-electron chi connectivity index (χ3n) is 5.48. The molecule has 0 radical (unpaired) electrons. The summed E-state index contributed by atoms with van der Waals surface area (Å²) < 4.78 is 75.1. The van der Waals surface area contributed by atoms with Crippen molar-refractivity contribution >= 4 is 11.9 Å². The van der Waals surface area contributed by atoms with Crippen LogP contribution < -0.4 is 4.74 Å². The van der Waals surface area contributed by atoms with Crippen LogP contribution in [0.5, 0.6) is 5.75 Å². The van der Waals surface area contributed by atoms with Gasteiger partial charge >= 0.3 is 24.3 Å². The minimum absolute atomic E-state index is 0.424. The maximum absolute atomic E-state index is 10.6. The summed E-state index contributed by atoms with van der Waals surface area (Å²) in [7, 11) is 2.22. The second-order valence-electron chi connectivity index (χ2n) is 7.79. The molecule has 3 heterocycles. The first-order chi connectivity index (χ1) is 15.7. The zero-order valence-electron chi connectivity index (χ0n) is 18.2. The largest absolute Gasteiger partial charge is 0.492 e. The number of alkyl halides is 6. The molecule has 1 unspecified atom stereocenters. The molecule has 194 valence electrons. The first-order valence-electron chi connectivity index (χ1n) is 10.1. The minimum Gasteiger partial charge on any atom is -0.492 e. The van der Waals surface area contributed by atoms with Gasteiger partial charge in [-0.3, -0.25) is 4.98 Å². The summed E-state index contributed by atoms with van der Waals surface area (Å²) in [6.45, 7) is 4.89. The molecule has 1 atom stereocenters. The SMILES string of the molecule is CN1CCC2(CCOCC2COc2cccnc2)CC1.O=C(O)C(F)(F)F.O=C(O)C(F)(F)F. The molecule has 0 aliphatic carbocycles. The summed E-state index contributed by atoms with van der Waals surface area (Å²) in [5.74, 6) is -4.15. The number of hydrogen-bond donors (Lipinski definition) is 2. The fraction of sp³-hybridized carbons (Fsp3) is 0.650. The molecular formula is C20H26F6N2O6. The fourth-order valence-corrected chi connectivity index (χ4v) is 3.46. The number of aromatic nitrogens is 1. The lowest BCUT2D eigenvalue weighted by molar-refractivity contribution is -0.193. The van der Waals surface area contributed by atoms with Crippen LogP contribution in [-0.2, 0) is 14.3 Å². The van der Waals surface area contributed by atoms with Crippen LogP contribution in [0.3, 0.4) is 0 Å². The van der Waals surface area contributed by atoms with Gasteiger partial charge in [0.15, 0.2) is 0 Å². The number of nitrogens with zero attached hydrogens (tertiary/aromatic N) is 2. The van der Waals surface area contributed by atoms with Crippen LogP contribution in [0.15, 0.2) is 24.5 Å². The Morgan fingerprint density at radius 3 is 2.09 bits per heavy atom. The van der Waals surface area contributed by atoms with E-state index in [4.69, 9.17) is 29.3 Å². The molecule has 1 spiro atoms. The minimum atomic E-state index is -5.08. The van der Waals surface area contributed by atoms with Gasteiger partial charge in [-0.25, -0.2) is 9.59 Å². The molecule has 3 rings (SSSR count). The number of halogens is 6. The Morgan fingerprint density at radius 1 is 1.12 bits per heavy atom. The van der Waals surface area contributed by atoms with Crippen LogP contribution >= 0.6 is 0 Å². The van der Waals surface area contributed by atoms with Crippen molar-refractivity contribution in [2.24, 2.45) is 11.3 Å². The molecule has 1 aromatic rings. The van der Waals surface area contributed by atoms with Crippen molar-refractivity contribution in [3.63, 3.8) is 0 Å². The molecule has 2 fully saturated rings. The predicted molar refractivity (Wildman–Crippen MR) is 105 cm³/mol. The van der Waals surface area contributed by atoms with Crippen LogP contribution in [0.4, 0.5) is 26.3 Å². The lowest BCUT2D eigenvalue weighted by Crippen LogP contribution is -2.48. The highest BCUT2D eigenvalue weighted by Gasteiger charge is 2.43. The van der Waals surface area contributed by atoms with E-state index in [1.807, 2.05) is 12.1 Å². The number of rotatable bonds is 3. The van der Waals surface area contributed by atoms with E-state index in [9.17, 15) is 26.3 Å².